The van der Waals surface area contributed by atoms with Gasteiger partial charge in [-0.15, -0.1) is 5.10 Å². The summed E-state index contributed by atoms with van der Waals surface area (Å²) < 4.78 is 0. The Bertz CT molecular complexity index is 787. The lowest BCUT2D eigenvalue weighted by atomic mass is 10.2. The molecule has 5 nitrogen and oxygen atoms in total. The van der Waals surface area contributed by atoms with E-state index in [1.54, 1.807) is 6.20 Å². The van der Waals surface area contributed by atoms with Gasteiger partial charge in [-0.1, -0.05) is 18.2 Å². The Labute approximate surface area is 113 Å². The number of fused-ring (bicyclic) bond motifs is 1. The number of nitriles is 1. The monoisotopic (exact) mass is 267 g/mol. The van der Waals surface area contributed by atoms with Gasteiger partial charge in [0.15, 0.2) is 0 Å². The van der Waals surface area contributed by atoms with Crippen molar-refractivity contribution in [1.82, 2.24) is 20.2 Å². The number of aromatic amines is 1. The second-order valence-electron chi connectivity index (χ2n) is 3.94. The van der Waals surface area contributed by atoms with Crippen molar-refractivity contribution in [3.8, 4) is 6.07 Å². The summed E-state index contributed by atoms with van der Waals surface area (Å²) in [6.07, 6.45) is 1.59. The van der Waals surface area contributed by atoms with Gasteiger partial charge in [-0.05, 0) is 24.8 Å². The van der Waals surface area contributed by atoms with E-state index in [2.05, 4.69) is 26.2 Å². The first-order valence-electron chi connectivity index (χ1n) is 5.62. The van der Waals surface area contributed by atoms with Crippen LogP contribution in [0.3, 0.4) is 0 Å². The third kappa shape index (κ3) is 2.16. The van der Waals surface area contributed by atoms with Gasteiger partial charge >= 0.3 is 0 Å². The molecule has 0 saturated heterocycles. The van der Waals surface area contributed by atoms with E-state index in [-0.39, 0.29) is 0 Å². The highest BCUT2D eigenvalue weighted by Crippen LogP contribution is 2.33. The summed E-state index contributed by atoms with van der Waals surface area (Å²) in [5, 5.41) is 17.6. The lowest BCUT2D eigenvalue weighted by Gasteiger charge is -2.05. The maximum Gasteiger partial charge on any atom is 0.213 e. The Kier molecular flexibility index (Phi) is 2.89. The van der Waals surface area contributed by atoms with E-state index >= 15 is 0 Å². The first-order chi connectivity index (χ1) is 9.28. The number of pyridine rings is 1. The van der Waals surface area contributed by atoms with E-state index in [1.807, 2.05) is 31.2 Å². The zero-order valence-electron chi connectivity index (χ0n) is 10.1. The predicted molar refractivity (Wildman–Crippen MR) is 71.7 cm³/mol. The average molecular weight is 267 g/mol. The number of hydrogen-bond donors (Lipinski definition) is 1. The maximum absolute atomic E-state index is 9.21. The van der Waals surface area contributed by atoms with Crippen LogP contribution in [0.2, 0.25) is 0 Å². The van der Waals surface area contributed by atoms with Crippen LogP contribution in [0.4, 0.5) is 0 Å². The van der Waals surface area contributed by atoms with Gasteiger partial charge in [-0.2, -0.15) is 5.26 Å². The number of hydrogen-bond acceptors (Lipinski definition) is 5. The average Bonchev–Trinajstić information content (AvgIpc) is 2.85. The van der Waals surface area contributed by atoms with Crippen molar-refractivity contribution in [2.24, 2.45) is 0 Å². The molecule has 0 saturated carbocycles. The number of rotatable bonds is 2. The number of nitrogens with one attached hydrogen (secondary N) is 1. The van der Waals surface area contributed by atoms with Crippen LogP contribution in [-0.4, -0.2) is 20.2 Å². The van der Waals surface area contributed by atoms with E-state index < -0.39 is 0 Å². The van der Waals surface area contributed by atoms with Crippen LogP contribution in [0.5, 0.6) is 0 Å². The predicted octanol–water partition coefficient (Wildman–Crippen LogP) is 2.68. The Morgan fingerprint density at radius 3 is 2.89 bits per heavy atom. The van der Waals surface area contributed by atoms with E-state index in [4.69, 9.17) is 0 Å². The fourth-order valence-electron chi connectivity index (χ4n) is 1.76. The van der Waals surface area contributed by atoms with E-state index in [0.717, 1.165) is 21.6 Å². The number of benzene rings is 1. The molecule has 0 spiro atoms. The molecule has 0 amide bonds. The number of aromatic nitrogens is 4. The number of para-hydroxylation sites is 1. The molecule has 0 bridgehead atoms. The van der Waals surface area contributed by atoms with Crippen LogP contribution in [0.1, 0.15) is 11.4 Å². The number of H-pyrrole nitrogens is 1. The van der Waals surface area contributed by atoms with Gasteiger partial charge < -0.3 is 0 Å². The Balaban J connectivity index is 2.17. The number of aryl methyl sites for hydroxylation is 1. The van der Waals surface area contributed by atoms with Crippen LogP contribution >= 0.6 is 11.8 Å². The normalized spacial score (nSPS) is 10.5. The Morgan fingerprint density at radius 1 is 1.32 bits per heavy atom. The summed E-state index contributed by atoms with van der Waals surface area (Å²) in [7, 11) is 0. The molecule has 0 atom stereocenters. The highest BCUT2D eigenvalue weighted by atomic mass is 32.2. The quantitative estimate of drug-likeness (QED) is 0.772. The molecule has 3 aromatic rings. The highest BCUT2D eigenvalue weighted by Gasteiger charge is 2.12. The molecule has 2 heterocycles. The standard InChI is InChI=1S/C13H9N5S/c1-8-16-13(18-17-8)19-12-9(6-14)7-15-11-5-3-2-4-10(11)12/h2-5,7H,1H3,(H,16,17,18). The molecular formula is C13H9N5S. The first kappa shape index (κ1) is 11.7. The van der Waals surface area contributed by atoms with Crippen molar-refractivity contribution in [2.75, 3.05) is 0 Å². The van der Waals surface area contributed by atoms with Crippen molar-refractivity contribution in [1.29, 1.82) is 5.26 Å². The summed E-state index contributed by atoms with van der Waals surface area (Å²) in [5.41, 5.74) is 1.39. The molecule has 92 valence electrons. The van der Waals surface area contributed by atoms with Crippen molar-refractivity contribution in [2.45, 2.75) is 17.0 Å². The third-order valence-corrected chi connectivity index (χ3v) is 3.63. The van der Waals surface area contributed by atoms with Crippen molar-refractivity contribution in [3.63, 3.8) is 0 Å². The van der Waals surface area contributed by atoms with Crippen LogP contribution in [0.25, 0.3) is 10.9 Å². The van der Waals surface area contributed by atoms with Crippen LogP contribution in [-0.2, 0) is 0 Å². The molecule has 3 rings (SSSR count). The van der Waals surface area contributed by atoms with E-state index in [0.29, 0.717) is 10.7 Å². The molecule has 6 heteroatoms. The fourth-order valence-corrected chi connectivity index (χ4v) is 2.71. The highest BCUT2D eigenvalue weighted by molar-refractivity contribution is 7.99. The SMILES string of the molecule is Cc1nc(Sc2c(C#N)cnc3ccccc23)n[nH]1. The summed E-state index contributed by atoms with van der Waals surface area (Å²) in [5.74, 6) is 0.749. The van der Waals surface area contributed by atoms with Gasteiger partial charge in [0, 0.05) is 16.5 Å². The van der Waals surface area contributed by atoms with Gasteiger partial charge in [0.05, 0.1) is 11.1 Å². The zero-order valence-corrected chi connectivity index (χ0v) is 10.9. The lowest BCUT2D eigenvalue weighted by molar-refractivity contribution is 0.969. The molecule has 0 aliphatic heterocycles. The molecular weight excluding hydrogens is 258 g/mol. The first-order valence-corrected chi connectivity index (χ1v) is 6.44. The third-order valence-electron chi connectivity index (χ3n) is 2.62. The van der Waals surface area contributed by atoms with Gasteiger partial charge in [0.2, 0.25) is 5.16 Å². The minimum Gasteiger partial charge on any atom is -0.262 e. The summed E-state index contributed by atoms with van der Waals surface area (Å²) in [4.78, 5) is 9.37. The lowest BCUT2D eigenvalue weighted by Crippen LogP contribution is -1.88. The van der Waals surface area contributed by atoms with Crippen LogP contribution < -0.4 is 0 Å². The Morgan fingerprint density at radius 2 is 2.16 bits per heavy atom. The van der Waals surface area contributed by atoms with Gasteiger partial charge in [-0.3, -0.25) is 10.1 Å². The maximum atomic E-state index is 9.21. The van der Waals surface area contributed by atoms with Crippen molar-refractivity contribution < 1.29 is 0 Å². The molecule has 0 radical (unpaired) electrons. The van der Waals surface area contributed by atoms with E-state index in [9.17, 15) is 5.26 Å². The summed E-state index contributed by atoms with van der Waals surface area (Å²) in [6, 6.07) is 9.89. The molecule has 0 aliphatic rings. The van der Waals surface area contributed by atoms with Gasteiger partial charge in [-0.25, -0.2) is 4.98 Å². The second-order valence-corrected chi connectivity index (χ2v) is 4.91. The van der Waals surface area contributed by atoms with E-state index in [1.165, 1.54) is 11.8 Å². The van der Waals surface area contributed by atoms with Crippen molar-refractivity contribution >= 4 is 22.7 Å². The molecule has 0 aliphatic carbocycles. The molecule has 0 unspecified atom stereocenters. The summed E-state index contributed by atoms with van der Waals surface area (Å²) in [6.45, 7) is 1.84. The van der Waals surface area contributed by atoms with Gasteiger partial charge in [0.1, 0.15) is 11.9 Å². The zero-order chi connectivity index (χ0) is 13.2. The van der Waals surface area contributed by atoms with Crippen molar-refractivity contribution in [3.05, 3.63) is 41.9 Å². The minimum atomic E-state index is 0.533. The topological polar surface area (TPSA) is 78.2 Å². The molecule has 0 fully saturated rings. The largest absolute Gasteiger partial charge is 0.262 e. The molecule has 1 N–H and O–H groups in total. The Hall–Kier alpha value is -2.39. The second kappa shape index (κ2) is 4.71. The summed E-state index contributed by atoms with van der Waals surface area (Å²) >= 11 is 1.37. The minimum absolute atomic E-state index is 0.533. The van der Waals surface area contributed by atoms with Gasteiger partial charge in [0.25, 0.3) is 0 Å². The smallest absolute Gasteiger partial charge is 0.213 e. The number of nitrogens with zero attached hydrogens (tertiary/aromatic N) is 4. The molecule has 1 aromatic carbocycles. The fraction of sp³-hybridized carbons (Fsp3) is 0.0769. The van der Waals surface area contributed by atoms with Crippen LogP contribution in [0.15, 0.2) is 40.5 Å². The molecule has 19 heavy (non-hydrogen) atoms. The molecule has 2 aromatic heterocycles. The van der Waals surface area contributed by atoms with Crippen LogP contribution in [0, 0.1) is 18.3 Å².